The van der Waals surface area contributed by atoms with Crippen molar-refractivity contribution in [3.05, 3.63) is 12.3 Å². The molecule has 2 heterocycles. The van der Waals surface area contributed by atoms with E-state index in [1.54, 1.807) is 16.9 Å². The highest BCUT2D eigenvalue weighted by molar-refractivity contribution is 7.80. The van der Waals surface area contributed by atoms with Crippen LogP contribution < -0.4 is 0 Å². The van der Waals surface area contributed by atoms with Gasteiger partial charge in [-0.3, -0.25) is 0 Å². The average Bonchev–Trinajstić information content (AvgIpc) is 2.78. The topological polar surface area (TPSA) is 53.3 Å². The van der Waals surface area contributed by atoms with E-state index in [0.29, 0.717) is 11.6 Å². The van der Waals surface area contributed by atoms with E-state index in [-0.39, 0.29) is 6.04 Å². The van der Waals surface area contributed by atoms with E-state index in [1.807, 2.05) is 0 Å². The maximum Gasteiger partial charge on any atom is 0.280 e. The summed E-state index contributed by atoms with van der Waals surface area (Å²) in [4.78, 5) is 0. The minimum absolute atomic E-state index is 0.183. The molecule has 1 fully saturated rings. The molecule has 0 bridgehead atoms. The SMILES string of the molecule is BOS(=O)c1ccnn1C1CCCOC1. The Morgan fingerprint density at radius 3 is 3.27 bits per heavy atom. The highest BCUT2D eigenvalue weighted by Crippen LogP contribution is 2.21. The first-order valence-electron chi connectivity index (χ1n) is 4.90. The van der Waals surface area contributed by atoms with E-state index < -0.39 is 11.1 Å². The van der Waals surface area contributed by atoms with Crippen LogP contribution >= 0.6 is 0 Å². The lowest BCUT2D eigenvalue weighted by molar-refractivity contribution is 0.0517. The van der Waals surface area contributed by atoms with E-state index in [9.17, 15) is 4.21 Å². The van der Waals surface area contributed by atoms with Gasteiger partial charge in [0.25, 0.3) is 8.05 Å². The van der Waals surface area contributed by atoms with Crippen LogP contribution in [0.4, 0.5) is 0 Å². The number of rotatable bonds is 3. The molecule has 1 aliphatic heterocycles. The summed E-state index contributed by atoms with van der Waals surface area (Å²) in [6.07, 6.45) is 3.67. The molecule has 1 aromatic heterocycles. The molecule has 1 aliphatic rings. The molecule has 0 aromatic carbocycles. The normalized spacial score (nSPS) is 23.9. The number of hydrogen-bond donors (Lipinski definition) is 0. The van der Waals surface area contributed by atoms with Crippen molar-refractivity contribution in [3.63, 3.8) is 0 Å². The van der Waals surface area contributed by atoms with Gasteiger partial charge in [0.2, 0.25) is 0 Å². The fourth-order valence-corrected chi connectivity index (χ4v) is 2.40. The van der Waals surface area contributed by atoms with Crippen molar-refractivity contribution in [2.24, 2.45) is 0 Å². The number of ether oxygens (including phenoxy) is 1. The molecular weight excluding hydrogens is 215 g/mol. The molecule has 2 unspecified atom stereocenters. The maximum atomic E-state index is 11.5. The molecule has 1 saturated heterocycles. The van der Waals surface area contributed by atoms with Crippen LogP contribution in [0.1, 0.15) is 18.9 Å². The Labute approximate surface area is 91.9 Å². The van der Waals surface area contributed by atoms with Crippen LogP contribution in [0.25, 0.3) is 0 Å². The number of nitrogens with zero attached hydrogens (tertiary/aromatic N) is 2. The Bertz CT molecular complexity index is 351. The molecule has 1 aromatic rings. The highest BCUT2D eigenvalue weighted by Gasteiger charge is 2.21. The van der Waals surface area contributed by atoms with Gasteiger partial charge in [0.1, 0.15) is 0 Å². The van der Waals surface area contributed by atoms with Gasteiger partial charge in [-0.25, -0.2) is 8.89 Å². The zero-order chi connectivity index (χ0) is 10.7. The molecule has 2 atom stereocenters. The van der Waals surface area contributed by atoms with Gasteiger partial charge in [-0.05, 0) is 18.9 Å². The van der Waals surface area contributed by atoms with Crippen molar-refractivity contribution in [2.75, 3.05) is 13.2 Å². The third-order valence-electron chi connectivity index (χ3n) is 2.44. The molecule has 0 aliphatic carbocycles. The van der Waals surface area contributed by atoms with Gasteiger partial charge >= 0.3 is 0 Å². The maximum absolute atomic E-state index is 11.5. The molecule has 0 spiro atoms. The van der Waals surface area contributed by atoms with Gasteiger partial charge in [-0.1, -0.05) is 0 Å². The monoisotopic (exact) mass is 228 g/mol. The minimum Gasteiger partial charge on any atom is -0.379 e. The van der Waals surface area contributed by atoms with E-state index >= 15 is 0 Å². The number of hydrogen-bond acceptors (Lipinski definition) is 4. The van der Waals surface area contributed by atoms with Crippen LogP contribution in [0.5, 0.6) is 0 Å². The quantitative estimate of drug-likeness (QED) is 0.673. The molecule has 0 N–H and O–H groups in total. The lowest BCUT2D eigenvalue weighted by Crippen LogP contribution is -2.24. The summed E-state index contributed by atoms with van der Waals surface area (Å²) in [7, 11) is 1.42. The zero-order valence-corrected chi connectivity index (χ0v) is 9.40. The average molecular weight is 228 g/mol. The summed E-state index contributed by atoms with van der Waals surface area (Å²) in [5.74, 6) is 0. The first kappa shape index (κ1) is 10.8. The van der Waals surface area contributed by atoms with Gasteiger partial charge in [-0.2, -0.15) is 5.10 Å². The lowest BCUT2D eigenvalue weighted by Gasteiger charge is -2.23. The van der Waals surface area contributed by atoms with Gasteiger partial charge in [0.05, 0.1) is 18.8 Å². The van der Waals surface area contributed by atoms with Crippen LogP contribution in [0.3, 0.4) is 0 Å². The number of aromatic nitrogens is 2. The van der Waals surface area contributed by atoms with Crippen LogP contribution in [0, 0.1) is 0 Å². The first-order valence-corrected chi connectivity index (χ1v) is 5.98. The fourth-order valence-electron chi connectivity index (χ4n) is 1.71. The van der Waals surface area contributed by atoms with Gasteiger partial charge in [0.15, 0.2) is 16.1 Å². The second kappa shape index (κ2) is 4.91. The fraction of sp³-hybridized carbons (Fsp3) is 0.625. The molecular formula is C8H13BN2O3S. The van der Waals surface area contributed by atoms with E-state index in [1.165, 1.54) is 8.05 Å². The molecule has 15 heavy (non-hydrogen) atoms. The van der Waals surface area contributed by atoms with Crippen molar-refractivity contribution < 1.29 is 13.0 Å². The molecule has 0 amide bonds. The Balaban J connectivity index is 2.19. The first-order chi connectivity index (χ1) is 7.33. The third-order valence-corrected chi connectivity index (χ3v) is 3.41. The Hall–Kier alpha value is -0.655. The Morgan fingerprint density at radius 1 is 1.73 bits per heavy atom. The third kappa shape index (κ3) is 2.30. The van der Waals surface area contributed by atoms with Crippen molar-refractivity contribution >= 4 is 19.1 Å². The highest BCUT2D eigenvalue weighted by atomic mass is 32.2. The molecule has 82 valence electrons. The largest absolute Gasteiger partial charge is 0.379 e. The Kier molecular flexibility index (Phi) is 3.55. The van der Waals surface area contributed by atoms with Gasteiger partial charge in [-0.15, -0.1) is 0 Å². The van der Waals surface area contributed by atoms with E-state index in [4.69, 9.17) is 8.84 Å². The van der Waals surface area contributed by atoms with Gasteiger partial charge in [0, 0.05) is 6.61 Å². The van der Waals surface area contributed by atoms with Crippen molar-refractivity contribution in [3.8, 4) is 0 Å². The second-order valence-electron chi connectivity index (χ2n) is 3.39. The summed E-state index contributed by atoms with van der Waals surface area (Å²) < 4.78 is 23.4. The van der Waals surface area contributed by atoms with Crippen molar-refractivity contribution in [1.82, 2.24) is 9.78 Å². The summed E-state index contributed by atoms with van der Waals surface area (Å²) in [5.41, 5.74) is 0. The minimum atomic E-state index is -1.43. The van der Waals surface area contributed by atoms with Gasteiger partial charge < -0.3 is 8.84 Å². The lowest BCUT2D eigenvalue weighted by atomic mass is 10.1. The molecule has 0 saturated carbocycles. The molecule has 0 radical (unpaired) electrons. The molecule has 7 heteroatoms. The van der Waals surface area contributed by atoms with Crippen LogP contribution in [-0.4, -0.2) is 35.3 Å². The predicted molar refractivity (Wildman–Crippen MR) is 57.4 cm³/mol. The molecule has 5 nitrogen and oxygen atoms in total. The van der Waals surface area contributed by atoms with E-state index in [2.05, 4.69) is 5.10 Å². The van der Waals surface area contributed by atoms with E-state index in [0.717, 1.165) is 19.4 Å². The van der Waals surface area contributed by atoms with Crippen molar-refractivity contribution in [2.45, 2.75) is 23.9 Å². The standard InChI is InChI=1S/C8H13BN2O3S/c9-14-15(12)8-3-4-10-11(8)7-2-1-5-13-6-7/h3-4,7H,1-2,5-6,9H2. The molecule has 2 rings (SSSR count). The smallest absolute Gasteiger partial charge is 0.280 e. The summed E-state index contributed by atoms with van der Waals surface area (Å²) >= 11 is -1.43. The van der Waals surface area contributed by atoms with Crippen LogP contribution in [-0.2, 0) is 19.9 Å². The van der Waals surface area contributed by atoms with Crippen LogP contribution in [0.15, 0.2) is 17.3 Å². The summed E-state index contributed by atoms with van der Waals surface area (Å²) in [5, 5.41) is 4.78. The Morgan fingerprint density at radius 2 is 2.60 bits per heavy atom. The summed E-state index contributed by atoms with van der Waals surface area (Å²) in [6.45, 7) is 1.44. The summed E-state index contributed by atoms with van der Waals surface area (Å²) in [6, 6.07) is 1.90. The van der Waals surface area contributed by atoms with Crippen LogP contribution in [0.2, 0.25) is 0 Å². The van der Waals surface area contributed by atoms with Crippen molar-refractivity contribution in [1.29, 1.82) is 0 Å². The predicted octanol–water partition coefficient (Wildman–Crippen LogP) is -0.178. The second-order valence-corrected chi connectivity index (χ2v) is 4.61. The zero-order valence-electron chi connectivity index (χ0n) is 8.59.